The smallest absolute Gasteiger partial charge is 0.188 e. The Morgan fingerprint density at radius 1 is 0.969 bits per heavy atom. The Kier molecular flexibility index (Phi) is 5.88. The third-order valence-corrected chi connectivity index (χ3v) is 10.7. The van der Waals surface area contributed by atoms with Gasteiger partial charge >= 0.3 is 0 Å². The summed E-state index contributed by atoms with van der Waals surface area (Å²) >= 11 is 0. The van der Waals surface area contributed by atoms with E-state index in [2.05, 4.69) is 46.8 Å². The fourth-order valence-corrected chi connectivity index (χ4v) is 7.91. The molecule has 0 aliphatic heterocycles. The molecule has 0 aromatic heterocycles. The molecule has 0 spiro atoms. The Labute approximate surface area is 194 Å². The van der Waals surface area contributed by atoms with Gasteiger partial charge in [-0.05, 0) is 85.2 Å². The molecule has 0 heterocycles. The zero-order valence-electron chi connectivity index (χ0n) is 20.9. The molecule has 0 aromatic rings. The molecule has 0 aromatic carbocycles. The highest BCUT2D eigenvalue weighted by atomic mass is 16.3. The molecule has 0 radical (unpaired) electrons. The molecule has 4 aliphatic rings. The van der Waals surface area contributed by atoms with Crippen LogP contribution in [0.4, 0.5) is 0 Å². The van der Waals surface area contributed by atoms with E-state index in [-0.39, 0.29) is 23.5 Å². The Balaban J connectivity index is 1.67. The van der Waals surface area contributed by atoms with E-state index in [9.17, 15) is 20.1 Å². The molecule has 3 N–H and O–H groups in total. The van der Waals surface area contributed by atoms with E-state index in [4.69, 9.17) is 0 Å². The van der Waals surface area contributed by atoms with E-state index in [1.165, 1.54) is 0 Å². The van der Waals surface area contributed by atoms with Crippen molar-refractivity contribution in [3.63, 3.8) is 0 Å². The van der Waals surface area contributed by atoms with Crippen LogP contribution in [0.1, 0.15) is 86.5 Å². The number of carbonyl (C=O) groups excluding carboxylic acids is 1. The Morgan fingerprint density at radius 2 is 1.66 bits per heavy atom. The highest BCUT2D eigenvalue weighted by Crippen LogP contribution is 2.68. The number of hydrogen-bond acceptors (Lipinski definition) is 4. The summed E-state index contributed by atoms with van der Waals surface area (Å²) in [6.45, 7) is 13.4. The van der Waals surface area contributed by atoms with Crippen LogP contribution in [0.25, 0.3) is 0 Å². The van der Waals surface area contributed by atoms with Crippen molar-refractivity contribution in [2.45, 2.75) is 104 Å². The van der Waals surface area contributed by atoms with Gasteiger partial charge in [0.2, 0.25) is 0 Å². The van der Waals surface area contributed by atoms with Gasteiger partial charge in [0.05, 0.1) is 11.7 Å². The maximum atomic E-state index is 13.3. The lowest BCUT2D eigenvalue weighted by Crippen LogP contribution is -2.71. The van der Waals surface area contributed by atoms with Crippen LogP contribution in [-0.4, -0.2) is 38.4 Å². The van der Waals surface area contributed by atoms with E-state index in [0.29, 0.717) is 42.9 Å². The zero-order valence-corrected chi connectivity index (χ0v) is 20.9. The third kappa shape index (κ3) is 3.15. The van der Waals surface area contributed by atoms with Crippen LogP contribution < -0.4 is 0 Å². The molecule has 0 unspecified atom stereocenters. The third-order valence-electron chi connectivity index (χ3n) is 10.7. The second-order valence-electron chi connectivity index (χ2n) is 12.5. The molecule has 3 fully saturated rings. The number of allylic oxidation sites excluding steroid dienone is 2. The van der Waals surface area contributed by atoms with Crippen molar-refractivity contribution >= 4 is 5.78 Å². The number of aliphatic hydroxyl groups is 3. The number of hydrogen-bond donors (Lipinski definition) is 3. The number of rotatable bonds is 4. The topological polar surface area (TPSA) is 77.8 Å². The molecule has 4 nitrogen and oxygen atoms in total. The Hall–Kier alpha value is -0.970. The minimum atomic E-state index is -1.68. The number of aliphatic hydroxyl groups excluding tert-OH is 1. The summed E-state index contributed by atoms with van der Waals surface area (Å²) in [5.41, 5.74) is -2.90. The van der Waals surface area contributed by atoms with E-state index in [1.807, 2.05) is 6.92 Å². The second kappa shape index (κ2) is 7.78. The van der Waals surface area contributed by atoms with Crippen LogP contribution in [0.2, 0.25) is 0 Å². The molecule has 4 heteroatoms. The molecular formula is C28H44O4. The quantitative estimate of drug-likeness (QED) is 0.543. The average molecular weight is 445 g/mol. The second-order valence-corrected chi connectivity index (χ2v) is 12.5. The summed E-state index contributed by atoms with van der Waals surface area (Å²) in [5.74, 6) is 2.01. The normalized spacial score (nSPS) is 48.2. The minimum Gasteiger partial charge on any atom is -0.393 e. The van der Waals surface area contributed by atoms with Gasteiger partial charge in [-0.25, -0.2) is 0 Å². The molecule has 4 aliphatic carbocycles. The lowest BCUT2D eigenvalue weighted by Gasteiger charge is -2.63. The van der Waals surface area contributed by atoms with E-state index in [0.717, 1.165) is 24.8 Å². The van der Waals surface area contributed by atoms with Crippen molar-refractivity contribution in [1.29, 1.82) is 0 Å². The first-order valence-corrected chi connectivity index (χ1v) is 12.9. The Morgan fingerprint density at radius 3 is 2.31 bits per heavy atom. The van der Waals surface area contributed by atoms with Gasteiger partial charge in [0.25, 0.3) is 0 Å². The summed E-state index contributed by atoms with van der Waals surface area (Å²) < 4.78 is 0. The predicted octanol–water partition coefficient (Wildman–Crippen LogP) is 4.82. The zero-order chi connectivity index (χ0) is 23.7. The van der Waals surface area contributed by atoms with Crippen LogP contribution in [-0.2, 0) is 4.79 Å². The lowest BCUT2D eigenvalue weighted by molar-refractivity contribution is -0.223. The predicted molar refractivity (Wildman–Crippen MR) is 127 cm³/mol. The van der Waals surface area contributed by atoms with Crippen molar-refractivity contribution in [2.24, 2.45) is 40.4 Å². The summed E-state index contributed by atoms with van der Waals surface area (Å²) in [6.07, 6.45) is 10.2. The standard InChI is InChI=1S/C28H44O4/c1-17(2)18(3)7-8-19(4)21-9-10-22-23-15-24(30)28(32)16-20(29)11-12-26(28,6)27(23,31)14-13-25(21,22)5/h7-8,15,17-22,29,31-32H,9-14,16H2,1-6H3/b8-7+/t18-,19+,20+,21+,22-,25+,26+,27+,28-/m0/s1. The summed E-state index contributed by atoms with van der Waals surface area (Å²) in [5, 5.41) is 33.9. The maximum Gasteiger partial charge on any atom is 0.188 e. The first kappa shape index (κ1) is 24.2. The van der Waals surface area contributed by atoms with E-state index >= 15 is 0 Å². The largest absolute Gasteiger partial charge is 0.393 e. The van der Waals surface area contributed by atoms with Gasteiger partial charge < -0.3 is 15.3 Å². The highest BCUT2D eigenvalue weighted by Gasteiger charge is 2.71. The molecule has 9 atom stereocenters. The van der Waals surface area contributed by atoms with Crippen molar-refractivity contribution in [3.8, 4) is 0 Å². The molecule has 180 valence electrons. The van der Waals surface area contributed by atoms with Gasteiger partial charge in [0.15, 0.2) is 5.78 Å². The monoisotopic (exact) mass is 444 g/mol. The first-order valence-electron chi connectivity index (χ1n) is 12.9. The van der Waals surface area contributed by atoms with Gasteiger partial charge in [0.1, 0.15) is 5.60 Å². The van der Waals surface area contributed by atoms with Crippen LogP contribution in [0.15, 0.2) is 23.8 Å². The van der Waals surface area contributed by atoms with Crippen LogP contribution in [0.3, 0.4) is 0 Å². The van der Waals surface area contributed by atoms with Crippen molar-refractivity contribution in [1.82, 2.24) is 0 Å². The number of carbonyl (C=O) groups is 1. The molecule has 0 amide bonds. The summed E-state index contributed by atoms with van der Waals surface area (Å²) in [6, 6.07) is 0. The molecule has 0 saturated heterocycles. The lowest BCUT2D eigenvalue weighted by atomic mass is 9.43. The van der Waals surface area contributed by atoms with E-state index < -0.39 is 22.7 Å². The minimum absolute atomic E-state index is 0.0227. The Bertz CT molecular complexity index is 829. The highest BCUT2D eigenvalue weighted by molar-refractivity contribution is 6.00. The van der Waals surface area contributed by atoms with Crippen LogP contribution in [0, 0.1) is 40.4 Å². The molecule has 0 bridgehead atoms. The molecule has 3 saturated carbocycles. The van der Waals surface area contributed by atoms with Crippen LogP contribution in [0.5, 0.6) is 0 Å². The van der Waals surface area contributed by atoms with Crippen molar-refractivity contribution in [3.05, 3.63) is 23.8 Å². The molecular weight excluding hydrogens is 400 g/mol. The fraction of sp³-hybridized carbons (Fsp3) is 0.821. The number of fused-ring (bicyclic) bond motifs is 5. The maximum absolute atomic E-state index is 13.3. The van der Waals surface area contributed by atoms with Gasteiger partial charge in [-0.2, -0.15) is 0 Å². The van der Waals surface area contributed by atoms with Gasteiger partial charge in [-0.1, -0.05) is 53.7 Å². The summed E-state index contributed by atoms with van der Waals surface area (Å²) in [7, 11) is 0. The van der Waals surface area contributed by atoms with E-state index in [1.54, 1.807) is 6.08 Å². The van der Waals surface area contributed by atoms with Crippen LogP contribution >= 0.6 is 0 Å². The molecule has 32 heavy (non-hydrogen) atoms. The van der Waals surface area contributed by atoms with Crippen molar-refractivity contribution < 1.29 is 20.1 Å². The first-order chi connectivity index (χ1) is 14.8. The van der Waals surface area contributed by atoms with Gasteiger partial charge in [-0.15, -0.1) is 0 Å². The van der Waals surface area contributed by atoms with Gasteiger partial charge in [-0.3, -0.25) is 4.79 Å². The average Bonchev–Trinajstić information content (AvgIpc) is 3.07. The molecule has 4 rings (SSSR count). The SMILES string of the molecule is CC(C)[C@@H](C)/C=C/[C@@H](C)[C@H]1CC[C@H]2C3=CC(=O)[C@@]4(O)C[C@H](O)CC[C@]4(C)[C@@]3(O)CC[C@]12C. The summed E-state index contributed by atoms with van der Waals surface area (Å²) in [4.78, 5) is 13.3. The van der Waals surface area contributed by atoms with Crippen molar-refractivity contribution in [2.75, 3.05) is 0 Å². The fourth-order valence-electron chi connectivity index (χ4n) is 7.91. The number of ketones is 1. The van der Waals surface area contributed by atoms with Gasteiger partial charge in [0, 0.05) is 11.8 Å².